The van der Waals surface area contributed by atoms with Gasteiger partial charge in [-0.1, -0.05) is 59.7 Å². The number of aliphatic imine (C=N–C) groups is 1. The van der Waals surface area contributed by atoms with E-state index in [-0.39, 0.29) is 36.5 Å². The molecule has 2 aliphatic heterocycles. The first-order chi connectivity index (χ1) is 19.3. The van der Waals surface area contributed by atoms with Crippen LogP contribution in [0.15, 0.2) is 47.5 Å². The number of benzene rings is 2. The Morgan fingerprint density at radius 2 is 1.76 bits per heavy atom. The van der Waals surface area contributed by atoms with E-state index in [0.717, 1.165) is 17.7 Å². The Bertz CT molecular complexity index is 1160. The van der Waals surface area contributed by atoms with Gasteiger partial charge < -0.3 is 26.0 Å². The molecule has 9 heteroatoms. The highest BCUT2D eigenvalue weighted by Gasteiger charge is 2.30. The Hall–Kier alpha value is -3.59. The molecule has 0 spiro atoms. The van der Waals surface area contributed by atoms with Gasteiger partial charge in [0.2, 0.25) is 11.8 Å². The third-order valence-electron chi connectivity index (χ3n) is 5.98. The second-order valence-electron chi connectivity index (χ2n) is 10.7. The molecule has 4 rings (SSSR count). The van der Waals surface area contributed by atoms with Crippen LogP contribution < -0.4 is 20.9 Å². The molecule has 2 heterocycles. The Balaban J connectivity index is 0.000000462. The van der Waals surface area contributed by atoms with Gasteiger partial charge in [0, 0.05) is 17.5 Å². The number of carbonyl (C=O) groups is 2. The van der Waals surface area contributed by atoms with Crippen molar-refractivity contribution in [1.82, 2.24) is 4.90 Å². The van der Waals surface area contributed by atoms with Crippen molar-refractivity contribution in [3.05, 3.63) is 59.2 Å². The molecule has 5 N–H and O–H groups in total. The molecule has 0 aromatic heterocycles. The van der Waals surface area contributed by atoms with Crippen LogP contribution in [-0.2, 0) is 17.8 Å². The van der Waals surface area contributed by atoms with Crippen LogP contribution in [0.25, 0.3) is 0 Å². The van der Waals surface area contributed by atoms with E-state index in [9.17, 15) is 14.7 Å². The number of aliphatic hydroxyl groups is 1. The number of para-hydroxylation sites is 1. The molecule has 9 nitrogen and oxygen atoms in total. The molecule has 2 aromatic carbocycles. The van der Waals surface area contributed by atoms with Crippen LogP contribution in [-0.4, -0.2) is 52.1 Å². The number of primary amides is 1. The van der Waals surface area contributed by atoms with Gasteiger partial charge in [0.15, 0.2) is 5.96 Å². The molecule has 41 heavy (non-hydrogen) atoms. The summed E-state index contributed by atoms with van der Waals surface area (Å²) in [4.78, 5) is 30.0. The van der Waals surface area contributed by atoms with E-state index in [2.05, 4.69) is 4.99 Å². The van der Waals surface area contributed by atoms with Crippen molar-refractivity contribution in [2.45, 2.75) is 99.4 Å². The number of hydrogen-bond acceptors (Lipinski definition) is 7. The normalized spacial score (nSPS) is 17.7. The van der Waals surface area contributed by atoms with Gasteiger partial charge >= 0.3 is 0 Å². The van der Waals surface area contributed by atoms with E-state index >= 15 is 0 Å². The van der Waals surface area contributed by atoms with Gasteiger partial charge in [-0.15, -0.1) is 0 Å². The molecule has 0 saturated heterocycles. The summed E-state index contributed by atoms with van der Waals surface area (Å²) in [7, 11) is 0. The summed E-state index contributed by atoms with van der Waals surface area (Å²) in [5.41, 5.74) is 13.1. The zero-order chi connectivity index (χ0) is 31.3. The lowest BCUT2D eigenvalue weighted by Crippen LogP contribution is -2.47. The van der Waals surface area contributed by atoms with E-state index in [4.69, 9.17) is 20.9 Å². The lowest BCUT2D eigenvalue weighted by Gasteiger charge is -2.31. The van der Waals surface area contributed by atoms with Gasteiger partial charge in [0.05, 0.1) is 25.1 Å². The first kappa shape index (κ1) is 35.4. The molecule has 2 atom stereocenters. The molecule has 2 aliphatic rings. The van der Waals surface area contributed by atoms with Gasteiger partial charge in [-0.25, -0.2) is 4.99 Å². The molecule has 2 aromatic rings. The minimum atomic E-state index is -0.542. The number of amides is 2. The quantitative estimate of drug-likeness (QED) is 0.458. The second kappa shape index (κ2) is 16.6. The van der Waals surface area contributed by atoms with Crippen molar-refractivity contribution in [3.8, 4) is 11.5 Å². The molecular formula is C32H50N4O5. The molecular weight excluding hydrogens is 520 g/mol. The minimum Gasteiger partial charge on any atom is -0.491 e. The topological polar surface area (TPSA) is 140 Å². The molecule has 0 saturated carbocycles. The lowest BCUT2D eigenvalue weighted by molar-refractivity contribution is -0.129. The fourth-order valence-electron chi connectivity index (χ4n) is 4.02. The number of fused-ring (bicyclic) bond motifs is 1. The predicted octanol–water partition coefficient (Wildman–Crippen LogP) is 5.07. The van der Waals surface area contributed by atoms with E-state index in [1.165, 1.54) is 4.90 Å². The fourth-order valence-corrected chi connectivity index (χ4v) is 4.02. The fraction of sp³-hybridized carbons (Fsp3) is 0.531. The summed E-state index contributed by atoms with van der Waals surface area (Å²) in [6, 6.07) is 12.6. The highest BCUT2D eigenvalue weighted by molar-refractivity contribution is 5.98. The summed E-state index contributed by atoms with van der Waals surface area (Å²) in [5.74, 6) is 1.28. The second-order valence-corrected chi connectivity index (χ2v) is 10.7. The number of rotatable bonds is 5. The first-order valence-corrected chi connectivity index (χ1v) is 14.5. The first-order valence-electron chi connectivity index (χ1n) is 14.5. The highest BCUT2D eigenvalue weighted by Crippen LogP contribution is 2.28. The number of guanidine groups is 1. The minimum absolute atomic E-state index is 0.0950. The number of ether oxygens (including phenoxy) is 2. The summed E-state index contributed by atoms with van der Waals surface area (Å²) >= 11 is 0. The zero-order valence-corrected chi connectivity index (χ0v) is 26.2. The van der Waals surface area contributed by atoms with E-state index in [0.29, 0.717) is 29.9 Å². The monoisotopic (exact) mass is 570 g/mol. The number of hydrogen-bond donors (Lipinski definition) is 3. The zero-order valence-electron chi connectivity index (χ0n) is 26.2. The van der Waals surface area contributed by atoms with Crippen LogP contribution in [0.2, 0.25) is 0 Å². The van der Waals surface area contributed by atoms with Crippen molar-refractivity contribution in [2.24, 2.45) is 22.4 Å². The van der Waals surface area contributed by atoms with E-state index in [1.807, 2.05) is 86.6 Å². The smallest absolute Gasteiger partial charge is 0.248 e. The SMILES string of the molecule is CC.CC.CC(C)C1CC(=O)N(Cc2cc(C(N)=O)ccc2OC(C)(C)C)C(N)=N1.OC1COc2ccccc2C1. The Morgan fingerprint density at radius 1 is 1.12 bits per heavy atom. The standard InChI is InChI=1S/C19H28N4O3.C9H10O2.2C2H6/c1-11(2)14-9-16(24)23(18(21)22-14)10-13-8-12(17(20)25)6-7-15(13)26-19(3,4)5;10-8-5-7-3-1-2-4-9(7)11-6-8;2*1-2/h6-8,11,14H,9-10H2,1-5H3,(H2,20,25)(H2,21,22);1-4,8,10H,5-6H2;2*1-2H3. The highest BCUT2D eigenvalue weighted by atomic mass is 16.5. The average molecular weight is 571 g/mol. The van der Waals surface area contributed by atoms with Crippen LogP contribution in [0.5, 0.6) is 11.5 Å². The van der Waals surface area contributed by atoms with Gasteiger partial charge in [-0.2, -0.15) is 0 Å². The van der Waals surface area contributed by atoms with Gasteiger partial charge in [-0.05, 0) is 56.5 Å². The van der Waals surface area contributed by atoms with Gasteiger partial charge in [-0.3, -0.25) is 14.5 Å². The largest absolute Gasteiger partial charge is 0.491 e. The molecule has 0 aliphatic carbocycles. The summed E-state index contributed by atoms with van der Waals surface area (Å²) in [5, 5.41) is 9.23. The van der Waals surface area contributed by atoms with E-state index < -0.39 is 11.5 Å². The van der Waals surface area contributed by atoms with Crippen molar-refractivity contribution in [2.75, 3.05) is 6.61 Å². The van der Waals surface area contributed by atoms with Crippen molar-refractivity contribution in [1.29, 1.82) is 0 Å². The Morgan fingerprint density at radius 3 is 2.32 bits per heavy atom. The van der Waals surface area contributed by atoms with Gasteiger partial charge in [0.1, 0.15) is 23.7 Å². The summed E-state index contributed by atoms with van der Waals surface area (Å²) < 4.78 is 11.3. The number of carbonyl (C=O) groups excluding carboxylic acids is 2. The maximum atomic E-state index is 12.6. The van der Waals surface area contributed by atoms with Crippen molar-refractivity contribution < 1.29 is 24.2 Å². The van der Waals surface area contributed by atoms with Crippen LogP contribution >= 0.6 is 0 Å². The average Bonchev–Trinajstić information content (AvgIpc) is 2.93. The predicted molar refractivity (Wildman–Crippen MR) is 165 cm³/mol. The van der Waals surface area contributed by atoms with Crippen LogP contribution in [0.4, 0.5) is 0 Å². The maximum Gasteiger partial charge on any atom is 0.248 e. The van der Waals surface area contributed by atoms with E-state index in [1.54, 1.807) is 18.2 Å². The lowest BCUT2D eigenvalue weighted by atomic mass is 9.99. The molecule has 0 bridgehead atoms. The molecule has 0 fully saturated rings. The van der Waals surface area contributed by atoms with Crippen LogP contribution in [0.3, 0.4) is 0 Å². The van der Waals surface area contributed by atoms with Crippen molar-refractivity contribution in [3.63, 3.8) is 0 Å². The molecule has 2 amide bonds. The van der Waals surface area contributed by atoms with Crippen molar-refractivity contribution >= 4 is 17.8 Å². The summed E-state index contributed by atoms with van der Waals surface area (Å²) in [6.07, 6.45) is 0.698. The van der Waals surface area contributed by atoms with Gasteiger partial charge in [0.25, 0.3) is 0 Å². The summed E-state index contributed by atoms with van der Waals surface area (Å²) in [6.45, 7) is 18.4. The third-order valence-corrected chi connectivity index (χ3v) is 5.98. The van der Waals surface area contributed by atoms with Crippen LogP contribution in [0, 0.1) is 5.92 Å². The number of aliphatic hydroxyl groups excluding tert-OH is 1. The Kier molecular flexibility index (Phi) is 14.4. The number of nitrogens with two attached hydrogens (primary N) is 2. The Labute approximate surface area is 245 Å². The molecule has 228 valence electrons. The molecule has 2 unspecified atom stereocenters. The number of nitrogens with zero attached hydrogens (tertiary/aromatic N) is 2. The third kappa shape index (κ3) is 11.1. The van der Waals surface area contributed by atoms with Crippen LogP contribution in [0.1, 0.15) is 90.2 Å². The molecule has 0 radical (unpaired) electrons. The maximum absolute atomic E-state index is 12.6.